The van der Waals surface area contributed by atoms with Crippen molar-refractivity contribution in [2.75, 3.05) is 33.1 Å². The first-order valence-corrected chi connectivity index (χ1v) is 11.4. The highest BCUT2D eigenvalue weighted by atomic mass is 35.5. The molecule has 3 aromatic rings. The maximum Gasteiger partial charge on any atom is 0.243 e. The van der Waals surface area contributed by atoms with Gasteiger partial charge in [0.25, 0.3) is 0 Å². The summed E-state index contributed by atoms with van der Waals surface area (Å²) in [5, 5.41) is 3.17. The summed E-state index contributed by atoms with van der Waals surface area (Å²) in [4.78, 5) is 12.6. The molecule has 3 rings (SSSR count). The number of amides is 1. The number of carbonyl (C=O) groups excluding carboxylic acids is 1. The lowest BCUT2D eigenvalue weighted by atomic mass is 10.0. The Morgan fingerprint density at radius 2 is 1.62 bits per heavy atom. The lowest BCUT2D eigenvalue weighted by Gasteiger charge is -2.17. The fourth-order valence-electron chi connectivity index (χ4n) is 3.06. The molecule has 0 radical (unpaired) electrons. The van der Waals surface area contributed by atoms with Crippen LogP contribution >= 0.6 is 11.6 Å². The van der Waals surface area contributed by atoms with Crippen LogP contribution in [0.3, 0.4) is 0 Å². The van der Waals surface area contributed by atoms with Crippen molar-refractivity contribution < 1.29 is 22.7 Å². The first-order valence-electron chi connectivity index (χ1n) is 9.59. The second-order valence-electron chi connectivity index (χ2n) is 6.91. The largest absolute Gasteiger partial charge is 0.497 e. The van der Waals surface area contributed by atoms with Crippen LogP contribution in [0.15, 0.2) is 71.6 Å². The average Bonchev–Trinajstić information content (AvgIpc) is 2.79. The van der Waals surface area contributed by atoms with Crippen molar-refractivity contribution in [2.45, 2.75) is 4.90 Å². The molecule has 9 heteroatoms. The van der Waals surface area contributed by atoms with Gasteiger partial charge in [-0.2, -0.15) is 4.31 Å². The Morgan fingerprint density at radius 1 is 0.969 bits per heavy atom. The lowest BCUT2D eigenvalue weighted by molar-refractivity contribution is -0.116. The molecule has 0 fully saturated rings. The minimum absolute atomic E-state index is 0.0587. The highest BCUT2D eigenvalue weighted by Gasteiger charge is 2.23. The minimum atomic E-state index is -3.83. The Kier molecular flexibility index (Phi) is 7.40. The zero-order chi connectivity index (χ0) is 23.3. The topological polar surface area (TPSA) is 84.9 Å². The van der Waals surface area contributed by atoms with Crippen LogP contribution in [0.5, 0.6) is 11.5 Å². The van der Waals surface area contributed by atoms with Crippen molar-refractivity contribution in [3.63, 3.8) is 0 Å². The highest BCUT2D eigenvalue weighted by Crippen LogP contribution is 2.33. The number of likely N-dealkylation sites (N-methyl/N-ethyl adjacent to an activating group) is 1. The normalized spacial score (nSPS) is 11.3. The van der Waals surface area contributed by atoms with Crippen LogP contribution in [0, 0.1) is 0 Å². The Hall–Kier alpha value is -3.07. The standard InChI is InChI=1S/C23H23ClN2O5S/c1-26(32(28,29)20-11-6-17(24)7-12-20)15-23(27)25-18-8-13-22(31-3)21(14-18)16-4-9-19(30-2)10-5-16/h4-14H,15H2,1-3H3,(H,25,27). The van der Waals surface area contributed by atoms with Crippen molar-refractivity contribution in [1.29, 1.82) is 0 Å². The number of halogens is 1. The second-order valence-corrected chi connectivity index (χ2v) is 9.39. The summed E-state index contributed by atoms with van der Waals surface area (Å²) >= 11 is 5.82. The predicted molar refractivity (Wildman–Crippen MR) is 125 cm³/mol. The van der Waals surface area contributed by atoms with Gasteiger partial charge in [-0.05, 0) is 60.2 Å². The summed E-state index contributed by atoms with van der Waals surface area (Å²) in [5.74, 6) is 0.883. The molecular formula is C23H23ClN2O5S. The Morgan fingerprint density at radius 3 is 2.22 bits per heavy atom. The SMILES string of the molecule is COc1ccc(-c2cc(NC(=O)CN(C)S(=O)(=O)c3ccc(Cl)cc3)ccc2OC)cc1. The first kappa shape index (κ1) is 23.6. The Balaban J connectivity index is 1.76. The first-order chi connectivity index (χ1) is 15.2. The number of benzene rings is 3. The van der Waals surface area contributed by atoms with E-state index in [1.807, 2.05) is 24.3 Å². The zero-order valence-corrected chi connectivity index (χ0v) is 19.4. The van der Waals surface area contributed by atoms with E-state index in [2.05, 4.69) is 5.32 Å². The Labute approximate surface area is 192 Å². The molecule has 1 amide bonds. The molecule has 7 nitrogen and oxygen atoms in total. The summed E-state index contributed by atoms with van der Waals surface area (Å²) in [6, 6.07) is 18.4. The van der Waals surface area contributed by atoms with Gasteiger partial charge in [-0.3, -0.25) is 4.79 Å². The van der Waals surface area contributed by atoms with Gasteiger partial charge in [-0.1, -0.05) is 23.7 Å². The monoisotopic (exact) mass is 474 g/mol. The fraction of sp³-hybridized carbons (Fsp3) is 0.174. The number of nitrogens with zero attached hydrogens (tertiary/aromatic N) is 1. The lowest BCUT2D eigenvalue weighted by Crippen LogP contribution is -2.34. The van der Waals surface area contributed by atoms with Gasteiger partial charge in [-0.15, -0.1) is 0 Å². The van der Waals surface area contributed by atoms with Crippen LogP contribution < -0.4 is 14.8 Å². The van der Waals surface area contributed by atoms with Crippen molar-refractivity contribution in [1.82, 2.24) is 4.31 Å². The van der Waals surface area contributed by atoms with Gasteiger partial charge in [0.05, 0.1) is 25.7 Å². The van der Waals surface area contributed by atoms with Crippen molar-refractivity contribution >= 4 is 33.2 Å². The van der Waals surface area contributed by atoms with E-state index >= 15 is 0 Å². The summed E-state index contributed by atoms with van der Waals surface area (Å²) < 4.78 is 37.0. The van der Waals surface area contributed by atoms with E-state index < -0.39 is 15.9 Å². The van der Waals surface area contributed by atoms with E-state index in [-0.39, 0.29) is 11.4 Å². The summed E-state index contributed by atoms with van der Waals surface area (Å²) in [5.41, 5.74) is 2.16. The number of hydrogen-bond donors (Lipinski definition) is 1. The number of rotatable bonds is 8. The van der Waals surface area contributed by atoms with E-state index in [9.17, 15) is 13.2 Å². The minimum Gasteiger partial charge on any atom is -0.497 e. The third-order valence-electron chi connectivity index (χ3n) is 4.77. The Bertz CT molecular complexity index is 1200. The molecule has 0 aromatic heterocycles. The average molecular weight is 475 g/mol. The van der Waals surface area contributed by atoms with Gasteiger partial charge in [0.1, 0.15) is 11.5 Å². The molecule has 0 unspecified atom stereocenters. The van der Waals surface area contributed by atoms with E-state index in [0.29, 0.717) is 16.5 Å². The number of sulfonamides is 1. The van der Waals surface area contributed by atoms with Gasteiger partial charge in [0.15, 0.2) is 0 Å². The molecule has 0 aliphatic rings. The van der Waals surface area contributed by atoms with Crippen LogP contribution in [0.1, 0.15) is 0 Å². The molecule has 0 aliphatic heterocycles. The number of anilines is 1. The summed E-state index contributed by atoms with van der Waals surface area (Å²) in [7, 11) is 0.678. The number of carbonyl (C=O) groups is 1. The van der Waals surface area contributed by atoms with Crippen LogP contribution in [-0.2, 0) is 14.8 Å². The van der Waals surface area contributed by atoms with Gasteiger partial charge in [0, 0.05) is 23.3 Å². The molecule has 0 saturated heterocycles. The molecule has 32 heavy (non-hydrogen) atoms. The van der Waals surface area contributed by atoms with Crippen LogP contribution in [0.2, 0.25) is 5.02 Å². The van der Waals surface area contributed by atoms with Crippen LogP contribution in [0.4, 0.5) is 5.69 Å². The second kappa shape index (κ2) is 10.0. The molecule has 0 aliphatic carbocycles. The highest BCUT2D eigenvalue weighted by molar-refractivity contribution is 7.89. The number of nitrogens with one attached hydrogen (secondary N) is 1. The molecule has 0 heterocycles. The molecule has 0 saturated carbocycles. The van der Waals surface area contributed by atoms with Crippen LogP contribution in [0.25, 0.3) is 11.1 Å². The summed E-state index contributed by atoms with van der Waals surface area (Å²) in [6.07, 6.45) is 0. The van der Waals surface area contributed by atoms with Crippen molar-refractivity contribution in [3.8, 4) is 22.6 Å². The number of ether oxygens (including phenoxy) is 2. The molecule has 168 valence electrons. The van der Waals surface area contributed by atoms with Gasteiger partial charge >= 0.3 is 0 Å². The van der Waals surface area contributed by atoms with E-state index in [4.69, 9.17) is 21.1 Å². The maximum atomic E-state index is 12.7. The molecule has 0 bridgehead atoms. The van der Waals surface area contributed by atoms with Crippen LogP contribution in [-0.4, -0.2) is 46.4 Å². The molecular weight excluding hydrogens is 452 g/mol. The zero-order valence-electron chi connectivity index (χ0n) is 17.8. The van der Waals surface area contributed by atoms with Gasteiger partial charge in [0.2, 0.25) is 15.9 Å². The fourth-order valence-corrected chi connectivity index (χ4v) is 4.31. The van der Waals surface area contributed by atoms with E-state index in [1.165, 1.54) is 31.3 Å². The maximum absolute atomic E-state index is 12.7. The third-order valence-corrected chi connectivity index (χ3v) is 6.84. The van der Waals surface area contributed by atoms with Gasteiger partial charge in [-0.25, -0.2) is 8.42 Å². The van der Waals surface area contributed by atoms with Crippen molar-refractivity contribution in [3.05, 3.63) is 71.8 Å². The van der Waals surface area contributed by atoms with Crippen molar-refractivity contribution in [2.24, 2.45) is 0 Å². The number of hydrogen-bond acceptors (Lipinski definition) is 5. The van der Waals surface area contributed by atoms with E-state index in [0.717, 1.165) is 21.2 Å². The molecule has 0 atom stereocenters. The number of methoxy groups -OCH3 is 2. The molecule has 1 N–H and O–H groups in total. The molecule has 0 spiro atoms. The quantitative estimate of drug-likeness (QED) is 0.526. The molecule has 3 aromatic carbocycles. The smallest absolute Gasteiger partial charge is 0.243 e. The van der Waals surface area contributed by atoms with E-state index in [1.54, 1.807) is 32.4 Å². The third kappa shape index (κ3) is 5.40. The van der Waals surface area contributed by atoms with Gasteiger partial charge < -0.3 is 14.8 Å². The predicted octanol–water partition coefficient (Wildman–Crippen LogP) is 4.28. The summed E-state index contributed by atoms with van der Waals surface area (Å²) in [6.45, 7) is -0.352.